The third-order valence-electron chi connectivity index (χ3n) is 4.76. The summed E-state index contributed by atoms with van der Waals surface area (Å²) >= 11 is 0. The molecule has 0 atom stereocenters. The third-order valence-corrected chi connectivity index (χ3v) is 4.76. The van der Waals surface area contributed by atoms with Crippen LogP contribution in [0.15, 0.2) is 72.8 Å². The molecule has 2 N–H and O–H groups in total. The summed E-state index contributed by atoms with van der Waals surface area (Å²) < 4.78 is 5.33. The van der Waals surface area contributed by atoms with Crippen molar-refractivity contribution < 1.29 is 14.5 Å². The van der Waals surface area contributed by atoms with Crippen molar-refractivity contribution in [3.8, 4) is 29.5 Å². The van der Waals surface area contributed by atoms with Crippen LogP contribution < -0.4 is 10.1 Å². The number of anilines is 1. The molecule has 0 aliphatic heterocycles. The maximum Gasteiger partial charge on any atom is 0.317 e. The molecule has 0 radical (unpaired) electrons. The molecule has 0 spiro atoms. The smallest absolute Gasteiger partial charge is 0.317 e. The Hall–Kier alpha value is -4.24. The quantitative estimate of drug-likeness (QED) is 0.324. The lowest BCUT2D eigenvalue weighted by atomic mass is 10.1. The van der Waals surface area contributed by atoms with Gasteiger partial charge in [-0.25, -0.2) is 4.84 Å². The summed E-state index contributed by atoms with van der Waals surface area (Å²) in [5.41, 5.74) is 5.15. The van der Waals surface area contributed by atoms with Crippen LogP contribution in [-0.4, -0.2) is 17.0 Å². The van der Waals surface area contributed by atoms with Crippen LogP contribution in [0.4, 0.5) is 11.4 Å². The van der Waals surface area contributed by atoms with Gasteiger partial charge in [0.05, 0.1) is 10.6 Å². The highest BCUT2D eigenvalue weighted by atomic mass is 16.8. The maximum atomic E-state index is 11.7. The molecular weight excluding hydrogens is 378 g/mol. The first kappa shape index (κ1) is 19.1. The number of terminal acetylenes is 1. The van der Waals surface area contributed by atoms with Crippen molar-refractivity contribution >= 4 is 22.3 Å². The first-order valence-corrected chi connectivity index (χ1v) is 9.37. The highest BCUT2D eigenvalue weighted by Gasteiger charge is 2.14. The van der Waals surface area contributed by atoms with Crippen molar-refractivity contribution in [2.45, 2.75) is 6.54 Å². The Kier molecular flexibility index (Phi) is 5.35. The molecule has 0 bridgehead atoms. The largest absolute Gasteiger partial charge is 0.406 e. The number of rotatable bonds is 7. The summed E-state index contributed by atoms with van der Waals surface area (Å²) in [6.07, 6.45) is 7.57. The van der Waals surface area contributed by atoms with Gasteiger partial charge in [-0.1, -0.05) is 36.8 Å². The van der Waals surface area contributed by atoms with Crippen LogP contribution in [0.5, 0.6) is 5.75 Å². The summed E-state index contributed by atoms with van der Waals surface area (Å²) in [5, 5.41) is 4.49. The number of para-hydroxylation sites is 1. The van der Waals surface area contributed by atoms with Gasteiger partial charge >= 0.3 is 5.69 Å². The molecule has 0 aliphatic carbocycles. The predicted octanol–water partition coefficient (Wildman–Crippen LogP) is 5.39. The second-order valence-corrected chi connectivity index (χ2v) is 6.66. The number of aromatic amines is 1. The molecule has 4 aromatic rings. The molecule has 0 saturated heterocycles. The van der Waals surface area contributed by atoms with Gasteiger partial charge in [-0.2, -0.15) is 0 Å². The van der Waals surface area contributed by atoms with E-state index in [1.165, 1.54) is 7.11 Å². The summed E-state index contributed by atoms with van der Waals surface area (Å²) in [6.45, 7) is 0.475. The maximum absolute atomic E-state index is 11.7. The van der Waals surface area contributed by atoms with Gasteiger partial charge < -0.3 is 15.0 Å². The molecule has 6 heteroatoms. The Morgan fingerprint density at radius 2 is 1.93 bits per heavy atom. The van der Waals surface area contributed by atoms with Gasteiger partial charge in [0.1, 0.15) is 6.11 Å². The van der Waals surface area contributed by atoms with E-state index in [-0.39, 0.29) is 0 Å². The van der Waals surface area contributed by atoms with Crippen molar-refractivity contribution in [2.24, 2.45) is 0 Å². The summed E-state index contributed by atoms with van der Waals surface area (Å²) in [7, 11) is 1.33. The van der Waals surface area contributed by atoms with Gasteiger partial charge in [0.25, 0.3) is 4.92 Å². The van der Waals surface area contributed by atoms with Crippen LogP contribution in [-0.2, 0) is 11.4 Å². The molecule has 0 amide bonds. The van der Waals surface area contributed by atoms with Crippen LogP contribution >= 0.6 is 0 Å². The van der Waals surface area contributed by atoms with Gasteiger partial charge in [-0.05, 0) is 35.9 Å². The molecule has 0 fully saturated rings. The van der Waals surface area contributed by atoms with Crippen LogP contribution in [0.1, 0.15) is 5.56 Å². The van der Waals surface area contributed by atoms with Crippen LogP contribution in [0, 0.1) is 17.4 Å². The van der Waals surface area contributed by atoms with E-state index in [4.69, 9.17) is 16.0 Å². The van der Waals surface area contributed by atoms with Crippen LogP contribution in [0.2, 0.25) is 0 Å². The first-order valence-electron chi connectivity index (χ1n) is 9.37. The van der Waals surface area contributed by atoms with Crippen molar-refractivity contribution in [1.82, 2.24) is 4.98 Å². The zero-order chi connectivity index (χ0) is 20.9. The Morgan fingerprint density at radius 1 is 1.07 bits per heavy atom. The Morgan fingerprint density at radius 3 is 2.73 bits per heavy atom. The number of benzene rings is 3. The van der Waals surface area contributed by atoms with Gasteiger partial charge in [0.2, 0.25) is 0 Å². The average Bonchev–Trinajstić information content (AvgIpc) is 3.22. The topological polar surface area (TPSA) is 66.4 Å². The summed E-state index contributed by atoms with van der Waals surface area (Å²) in [6, 6.07) is 23.2. The van der Waals surface area contributed by atoms with E-state index in [9.17, 15) is 4.91 Å². The lowest BCUT2D eigenvalue weighted by molar-refractivity contribution is -0.736. The van der Waals surface area contributed by atoms with E-state index < -0.39 is 0 Å². The average molecular weight is 398 g/mol. The second kappa shape index (κ2) is 8.41. The zero-order valence-electron chi connectivity index (χ0n) is 16.4. The fourth-order valence-electron chi connectivity index (χ4n) is 3.30. The minimum Gasteiger partial charge on any atom is -0.406 e. The van der Waals surface area contributed by atoms with E-state index in [2.05, 4.69) is 28.5 Å². The van der Waals surface area contributed by atoms with Crippen LogP contribution in [0.3, 0.4) is 0 Å². The zero-order valence-corrected chi connectivity index (χ0v) is 16.4. The lowest BCUT2D eigenvalue weighted by Gasteiger charge is -2.12. The van der Waals surface area contributed by atoms with Gasteiger partial charge in [-0.15, -0.1) is 0 Å². The van der Waals surface area contributed by atoms with Crippen molar-refractivity contribution in [1.29, 1.82) is 0 Å². The summed E-state index contributed by atoms with van der Waals surface area (Å²) in [5.74, 6) is 0.552. The molecular formula is C24H20N3O3+. The molecule has 1 aromatic heterocycles. The number of fused-ring (bicyclic) bond motifs is 1. The van der Waals surface area contributed by atoms with Crippen molar-refractivity contribution in [3.05, 3.63) is 83.3 Å². The number of hydrogen-bond donors (Lipinski definition) is 2. The first-order chi connectivity index (χ1) is 14.7. The number of H-pyrrole nitrogens is 1. The van der Waals surface area contributed by atoms with E-state index >= 15 is 0 Å². The molecule has 4 rings (SSSR count). The fourth-order valence-corrected chi connectivity index (χ4v) is 3.30. The van der Waals surface area contributed by atoms with Crippen LogP contribution in [0.25, 0.3) is 22.2 Å². The molecule has 0 saturated carbocycles. The van der Waals surface area contributed by atoms with Crippen molar-refractivity contribution in [2.75, 3.05) is 12.4 Å². The normalized spacial score (nSPS) is 10.4. The number of aromatic nitrogens is 1. The lowest BCUT2D eigenvalue weighted by Crippen LogP contribution is -2.03. The van der Waals surface area contributed by atoms with Crippen molar-refractivity contribution in [3.63, 3.8) is 0 Å². The van der Waals surface area contributed by atoms with Gasteiger partial charge in [0.15, 0.2) is 12.9 Å². The molecule has 0 aliphatic rings. The fraction of sp³-hybridized carbons (Fsp3) is 0.0833. The Balaban J connectivity index is 1.62. The number of nitrogens with one attached hydrogen (secondary N) is 2. The molecule has 6 nitrogen and oxygen atoms in total. The van der Waals surface area contributed by atoms with Gasteiger partial charge in [0, 0.05) is 40.8 Å². The number of ether oxygens (including phenoxy) is 1. The second-order valence-electron chi connectivity index (χ2n) is 6.66. The third kappa shape index (κ3) is 3.96. The minimum absolute atomic E-state index is 0.420. The molecule has 148 valence electrons. The van der Waals surface area contributed by atoms with E-state index in [1.54, 1.807) is 18.2 Å². The minimum atomic E-state index is 0.420. The Labute approximate surface area is 174 Å². The molecule has 0 unspecified atom stereocenters. The number of nitrogens with zero attached hydrogens (tertiary/aromatic N) is 1. The number of hydrogen-bond acceptors (Lipinski definition) is 4. The Bertz CT molecular complexity index is 1220. The van der Waals surface area contributed by atoms with E-state index in [0.717, 1.165) is 33.4 Å². The molecule has 3 aromatic carbocycles. The van der Waals surface area contributed by atoms with E-state index in [1.807, 2.05) is 42.5 Å². The highest BCUT2D eigenvalue weighted by Crippen LogP contribution is 2.32. The van der Waals surface area contributed by atoms with E-state index in [0.29, 0.717) is 22.9 Å². The molecule has 1 heterocycles. The molecule has 30 heavy (non-hydrogen) atoms. The van der Waals surface area contributed by atoms with Gasteiger partial charge in [-0.3, -0.25) is 0 Å². The SMILES string of the molecule is C#COc1ccc(-c2cc3ccccc3[nH]2)cc1NCc1cccc([N+](=O)OC)c1. The standard InChI is InChI=1S/C24H20N3O3/c1-3-30-24-12-11-19(22-14-18-8-4-5-10-21(18)26-22)15-23(24)25-16-17-7-6-9-20(13-17)27(28)29-2/h1,4-15,25-26H,16H2,2H3/q+1. The predicted molar refractivity (Wildman–Crippen MR) is 117 cm³/mol. The highest BCUT2D eigenvalue weighted by molar-refractivity contribution is 5.86. The summed E-state index contributed by atoms with van der Waals surface area (Å²) in [4.78, 5) is 20.3. The monoisotopic (exact) mass is 398 g/mol.